The maximum atomic E-state index is 4.50. The van der Waals surface area contributed by atoms with Crippen LogP contribution in [-0.2, 0) is 39.0 Å². The summed E-state index contributed by atoms with van der Waals surface area (Å²) in [5.74, 6) is 0.280. The smallest absolute Gasteiger partial charge is 1.00 e. The number of hydrogen-bond acceptors (Lipinski definition) is 2. The zero-order valence-corrected chi connectivity index (χ0v) is 31.5. The van der Waals surface area contributed by atoms with Gasteiger partial charge in [0.15, 0.2) is 0 Å². The second kappa shape index (κ2) is 17.7. The van der Waals surface area contributed by atoms with E-state index in [4.69, 9.17) is 0 Å². The molecule has 0 spiro atoms. The number of fused-ring (bicyclic) bond motifs is 2. The third kappa shape index (κ3) is 8.13. The molecule has 0 aliphatic heterocycles. The molecule has 2 aliphatic rings. The molecule has 6 aromatic rings. The van der Waals surface area contributed by atoms with E-state index in [2.05, 4.69) is 145 Å². The first-order valence-electron chi connectivity index (χ1n) is 16.2. The standard InChI is InChI=1S/2C22H18N.2ClH.Zr/c2*1-2-16-9-11-17(12-10-16)18-6-5-7-19-20(18)13-14-21(19)22-8-3-4-15-23-22;;;/h2*3-13,15,21H,2H2,1H3;2*1H;/q2*-1;;;+4/p-2. The molecule has 2 atom stereocenters. The van der Waals surface area contributed by atoms with Crippen molar-refractivity contribution < 1.29 is 51.0 Å². The summed E-state index contributed by atoms with van der Waals surface area (Å²) < 4.78 is 0. The van der Waals surface area contributed by atoms with Crippen LogP contribution in [0.15, 0.2) is 134 Å². The molecular weight excluding hydrogens is 719 g/mol. The van der Waals surface area contributed by atoms with Crippen molar-refractivity contribution in [3.63, 3.8) is 0 Å². The Bertz CT molecular complexity index is 1860. The summed E-state index contributed by atoms with van der Waals surface area (Å²) in [6.45, 7) is 4.37. The summed E-state index contributed by atoms with van der Waals surface area (Å²) >= 11 is 0. The Morgan fingerprint density at radius 2 is 0.898 bits per heavy atom. The van der Waals surface area contributed by atoms with E-state index in [1.165, 1.54) is 55.6 Å². The Morgan fingerprint density at radius 1 is 0.490 bits per heavy atom. The predicted octanol–water partition coefficient (Wildman–Crippen LogP) is 4.55. The molecule has 0 saturated heterocycles. The monoisotopic (exact) mass is 752 g/mol. The summed E-state index contributed by atoms with van der Waals surface area (Å²) in [4.78, 5) is 9.00. The zero-order valence-electron chi connectivity index (χ0n) is 27.6. The van der Waals surface area contributed by atoms with E-state index in [0.717, 1.165) is 24.2 Å². The van der Waals surface area contributed by atoms with E-state index in [1.807, 2.05) is 36.7 Å². The average molecular weight is 755 g/mol. The first-order valence-corrected chi connectivity index (χ1v) is 16.2. The summed E-state index contributed by atoms with van der Waals surface area (Å²) in [6, 6.07) is 42.9. The quantitative estimate of drug-likeness (QED) is 0.234. The van der Waals surface area contributed by atoms with Gasteiger partial charge in [-0.2, -0.15) is 11.1 Å². The summed E-state index contributed by atoms with van der Waals surface area (Å²) in [5, 5.41) is 0. The van der Waals surface area contributed by atoms with E-state index < -0.39 is 0 Å². The third-order valence-electron chi connectivity index (χ3n) is 9.00. The van der Waals surface area contributed by atoms with E-state index in [-0.39, 0.29) is 62.9 Å². The van der Waals surface area contributed by atoms with Gasteiger partial charge in [-0.25, -0.2) is 12.2 Å². The van der Waals surface area contributed by atoms with Gasteiger partial charge in [0, 0.05) is 23.8 Å². The van der Waals surface area contributed by atoms with Crippen molar-refractivity contribution in [1.82, 2.24) is 9.97 Å². The van der Waals surface area contributed by atoms with Crippen LogP contribution in [0.3, 0.4) is 0 Å². The number of allylic oxidation sites excluding steroid dienone is 2. The van der Waals surface area contributed by atoms with Gasteiger partial charge in [0.2, 0.25) is 0 Å². The van der Waals surface area contributed by atoms with Gasteiger partial charge in [-0.1, -0.05) is 122 Å². The number of halogens is 2. The topological polar surface area (TPSA) is 25.8 Å². The molecule has 0 fully saturated rings. The molecule has 5 heteroatoms. The maximum absolute atomic E-state index is 4.50. The molecule has 8 rings (SSSR count). The van der Waals surface area contributed by atoms with Crippen LogP contribution in [-0.4, -0.2) is 9.97 Å². The normalized spacial score (nSPS) is 14.7. The average Bonchev–Trinajstić information content (AvgIpc) is 3.78. The molecule has 4 aromatic carbocycles. The summed E-state index contributed by atoms with van der Waals surface area (Å²) in [6.07, 6.45) is 17.1. The van der Waals surface area contributed by atoms with Crippen LogP contribution in [0, 0.1) is 12.2 Å². The van der Waals surface area contributed by atoms with Crippen LogP contribution < -0.4 is 24.8 Å². The Hall–Kier alpha value is -3.88. The Labute approximate surface area is 322 Å². The van der Waals surface area contributed by atoms with Crippen LogP contribution in [0.5, 0.6) is 0 Å². The molecule has 2 aromatic heterocycles. The van der Waals surface area contributed by atoms with E-state index in [9.17, 15) is 0 Å². The predicted molar refractivity (Wildman–Crippen MR) is 190 cm³/mol. The molecule has 2 unspecified atom stereocenters. The van der Waals surface area contributed by atoms with Crippen molar-refractivity contribution in [3.05, 3.63) is 191 Å². The Kier molecular flexibility index (Phi) is 13.7. The first-order chi connectivity index (χ1) is 22.7. The Morgan fingerprint density at radius 3 is 1.24 bits per heavy atom. The second-order valence-electron chi connectivity index (χ2n) is 11.7. The Balaban J connectivity index is 0.000000208. The SMILES string of the molecule is CCc1ccc(-c2cccc3c2C=[C-]C3c2ccccn2)cc1.CCc1ccc(-c2cccc3c2C=[C-]C3c2ccccn2)cc1.[Cl-].[Cl-].[Zr+4]. The third-order valence-corrected chi connectivity index (χ3v) is 9.00. The van der Waals surface area contributed by atoms with Crippen molar-refractivity contribution in [1.29, 1.82) is 0 Å². The van der Waals surface area contributed by atoms with Crippen molar-refractivity contribution in [2.24, 2.45) is 0 Å². The fourth-order valence-electron chi connectivity index (χ4n) is 6.43. The van der Waals surface area contributed by atoms with Crippen molar-refractivity contribution >= 4 is 12.2 Å². The number of benzene rings is 4. The molecule has 0 radical (unpaired) electrons. The largest absolute Gasteiger partial charge is 4.00 e. The van der Waals surface area contributed by atoms with Gasteiger partial charge in [0.25, 0.3) is 0 Å². The number of rotatable bonds is 6. The van der Waals surface area contributed by atoms with Gasteiger partial charge in [-0.3, -0.25) is 22.1 Å². The summed E-state index contributed by atoms with van der Waals surface area (Å²) in [7, 11) is 0. The van der Waals surface area contributed by atoms with Crippen LogP contribution in [0.1, 0.15) is 70.5 Å². The molecule has 0 saturated carbocycles. The van der Waals surface area contributed by atoms with Crippen LogP contribution in [0.4, 0.5) is 0 Å². The minimum Gasteiger partial charge on any atom is -1.00 e. The number of nitrogens with zero attached hydrogens (tertiary/aromatic N) is 2. The van der Waals surface area contributed by atoms with Crippen LogP contribution in [0.2, 0.25) is 0 Å². The number of hydrogen-bond donors (Lipinski definition) is 0. The molecule has 0 bridgehead atoms. The van der Waals surface area contributed by atoms with Crippen molar-refractivity contribution in [3.8, 4) is 22.3 Å². The van der Waals surface area contributed by atoms with E-state index >= 15 is 0 Å². The molecular formula is C44H36Cl2N2Zr. The second-order valence-corrected chi connectivity index (χ2v) is 11.7. The molecule has 2 nitrogen and oxygen atoms in total. The fraction of sp³-hybridized carbons (Fsp3) is 0.136. The molecule has 0 amide bonds. The van der Waals surface area contributed by atoms with Gasteiger partial charge >= 0.3 is 26.2 Å². The minimum absolute atomic E-state index is 0. The van der Waals surface area contributed by atoms with Gasteiger partial charge in [0.05, 0.1) is 0 Å². The molecule has 0 N–H and O–H groups in total. The molecule has 2 aliphatic carbocycles. The van der Waals surface area contributed by atoms with Gasteiger partial charge in [0.1, 0.15) is 0 Å². The molecule has 49 heavy (non-hydrogen) atoms. The maximum Gasteiger partial charge on any atom is 4.00 e. The number of aromatic nitrogens is 2. The van der Waals surface area contributed by atoms with Crippen LogP contribution in [0.25, 0.3) is 34.4 Å². The first kappa shape index (κ1) is 37.9. The number of pyridine rings is 2. The fourth-order valence-corrected chi connectivity index (χ4v) is 6.43. The zero-order chi connectivity index (χ0) is 31.3. The van der Waals surface area contributed by atoms with Crippen LogP contribution >= 0.6 is 0 Å². The van der Waals surface area contributed by atoms with Gasteiger partial charge in [-0.15, -0.1) is 11.1 Å². The molecule has 240 valence electrons. The number of aryl methyl sites for hydroxylation is 2. The van der Waals surface area contributed by atoms with E-state index in [1.54, 1.807) is 0 Å². The van der Waals surface area contributed by atoms with Crippen molar-refractivity contribution in [2.75, 3.05) is 0 Å². The van der Waals surface area contributed by atoms with Crippen molar-refractivity contribution in [2.45, 2.75) is 38.5 Å². The summed E-state index contributed by atoms with van der Waals surface area (Å²) in [5.41, 5.74) is 15.1. The minimum atomic E-state index is 0. The van der Waals surface area contributed by atoms with Gasteiger partial charge in [-0.05, 0) is 71.2 Å². The van der Waals surface area contributed by atoms with Gasteiger partial charge < -0.3 is 24.8 Å². The molecule has 2 heterocycles. The van der Waals surface area contributed by atoms with E-state index in [0.29, 0.717) is 0 Å².